The Kier molecular flexibility index (Phi) is 7.23. The SMILES string of the molecule is Cc1ccc(C(=O)OCCCCC(F)(F)S(=O)(=O)c2ccc(C(F)(F)F)cc2)cc1. The summed E-state index contributed by atoms with van der Waals surface area (Å²) in [5, 5.41) is -4.17. The van der Waals surface area contributed by atoms with Crippen LogP contribution in [0.2, 0.25) is 0 Å². The lowest BCUT2D eigenvalue weighted by atomic mass is 10.1. The summed E-state index contributed by atoms with van der Waals surface area (Å²) in [6, 6.07) is 8.43. The molecule has 0 aliphatic rings. The maximum Gasteiger partial charge on any atom is 0.416 e. The number of sulfone groups is 1. The number of rotatable bonds is 8. The number of aryl methyl sites for hydroxylation is 1. The number of alkyl halides is 5. The summed E-state index contributed by atoms with van der Waals surface area (Å²) in [6.45, 7) is 1.66. The Morgan fingerprint density at radius 3 is 2.00 bits per heavy atom. The predicted molar refractivity (Wildman–Crippen MR) is 98.9 cm³/mol. The predicted octanol–water partition coefficient (Wildman–Crippen LogP) is 5.41. The largest absolute Gasteiger partial charge is 0.462 e. The molecule has 2 aromatic rings. The Hall–Kier alpha value is -2.49. The fourth-order valence-electron chi connectivity index (χ4n) is 2.50. The second-order valence-corrected chi connectivity index (χ2v) is 8.70. The number of benzene rings is 2. The van der Waals surface area contributed by atoms with Gasteiger partial charge in [0.05, 0.1) is 22.6 Å². The van der Waals surface area contributed by atoms with E-state index in [2.05, 4.69) is 0 Å². The van der Waals surface area contributed by atoms with Crippen LogP contribution in [-0.4, -0.2) is 26.2 Å². The zero-order valence-corrected chi connectivity index (χ0v) is 16.7. The average Bonchev–Trinajstić information content (AvgIpc) is 2.67. The first-order chi connectivity index (χ1) is 13.8. The van der Waals surface area contributed by atoms with E-state index in [1.54, 1.807) is 24.3 Å². The zero-order valence-electron chi connectivity index (χ0n) is 15.9. The van der Waals surface area contributed by atoms with Gasteiger partial charge in [-0.25, -0.2) is 13.2 Å². The molecule has 0 aliphatic carbocycles. The van der Waals surface area contributed by atoms with Crippen molar-refractivity contribution in [1.29, 1.82) is 0 Å². The first-order valence-electron chi connectivity index (χ1n) is 8.88. The van der Waals surface area contributed by atoms with Crippen molar-refractivity contribution >= 4 is 15.8 Å². The standard InChI is InChI=1S/C20H19F5O4S/c1-14-4-6-15(7-5-14)18(26)29-13-3-2-12-19(21,22)30(27,28)17-10-8-16(9-11-17)20(23,24)25/h4-11H,2-3,12-13H2,1H3. The van der Waals surface area contributed by atoms with Crippen molar-refractivity contribution in [2.24, 2.45) is 0 Å². The van der Waals surface area contributed by atoms with Crippen molar-refractivity contribution in [1.82, 2.24) is 0 Å². The highest BCUT2D eigenvalue weighted by atomic mass is 32.2. The third kappa shape index (κ3) is 5.78. The molecular formula is C20H19F5O4S. The van der Waals surface area contributed by atoms with Gasteiger partial charge in [-0.3, -0.25) is 0 Å². The van der Waals surface area contributed by atoms with Crippen LogP contribution < -0.4 is 0 Å². The van der Waals surface area contributed by atoms with Crippen LogP contribution in [0.15, 0.2) is 53.4 Å². The molecule has 164 valence electrons. The van der Waals surface area contributed by atoms with Crippen LogP contribution in [0.1, 0.15) is 40.7 Å². The molecule has 0 fully saturated rings. The molecule has 2 rings (SSSR count). The number of carbonyl (C=O) groups is 1. The van der Waals surface area contributed by atoms with Gasteiger partial charge in [0.25, 0.3) is 0 Å². The normalized spacial score (nSPS) is 12.6. The lowest BCUT2D eigenvalue weighted by molar-refractivity contribution is -0.137. The number of ether oxygens (including phenoxy) is 1. The van der Waals surface area contributed by atoms with Crippen molar-refractivity contribution in [3.63, 3.8) is 0 Å². The average molecular weight is 450 g/mol. The zero-order chi connectivity index (χ0) is 22.6. The second-order valence-electron chi connectivity index (χ2n) is 6.62. The molecule has 0 aliphatic heterocycles. The van der Waals surface area contributed by atoms with Gasteiger partial charge in [-0.15, -0.1) is 0 Å². The summed E-state index contributed by atoms with van der Waals surface area (Å²) in [5.74, 6) is -0.626. The molecule has 0 saturated carbocycles. The lowest BCUT2D eigenvalue weighted by Gasteiger charge is -2.17. The minimum absolute atomic E-state index is 0.00424. The monoisotopic (exact) mass is 450 g/mol. The maximum atomic E-state index is 14.2. The van der Waals surface area contributed by atoms with Gasteiger partial charge in [0.15, 0.2) is 0 Å². The smallest absolute Gasteiger partial charge is 0.416 e. The summed E-state index contributed by atoms with van der Waals surface area (Å²) in [6.07, 6.45) is -6.04. The Balaban J connectivity index is 1.89. The van der Waals surface area contributed by atoms with Gasteiger partial charge in [-0.1, -0.05) is 17.7 Å². The first kappa shape index (κ1) is 23.8. The van der Waals surface area contributed by atoms with E-state index in [9.17, 15) is 35.2 Å². The van der Waals surface area contributed by atoms with E-state index in [1.165, 1.54) is 0 Å². The van der Waals surface area contributed by atoms with E-state index in [4.69, 9.17) is 4.74 Å². The van der Waals surface area contributed by atoms with Gasteiger partial charge >= 0.3 is 17.4 Å². The van der Waals surface area contributed by atoms with Crippen LogP contribution >= 0.6 is 0 Å². The topological polar surface area (TPSA) is 60.4 Å². The van der Waals surface area contributed by atoms with E-state index in [0.29, 0.717) is 29.8 Å². The van der Waals surface area contributed by atoms with Crippen molar-refractivity contribution in [3.8, 4) is 0 Å². The van der Waals surface area contributed by atoms with E-state index < -0.39 is 44.1 Å². The van der Waals surface area contributed by atoms with Gasteiger partial charge in [0.1, 0.15) is 0 Å². The van der Waals surface area contributed by atoms with Crippen LogP contribution in [0.5, 0.6) is 0 Å². The Labute approximate surface area is 170 Å². The van der Waals surface area contributed by atoms with Gasteiger partial charge in [0.2, 0.25) is 9.84 Å². The number of hydrogen-bond acceptors (Lipinski definition) is 4. The lowest BCUT2D eigenvalue weighted by Crippen LogP contribution is -2.29. The van der Waals surface area contributed by atoms with Gasteiger partial charge in [-0.2, -0.15) is 22.0 Å². The molecule has 2 aromatic carbocycles. The Morgan fingerprint density at radius 2 is 1.47 bits per heavy atom. The molecule has 0 bridgehead atoms. The van der Waals surface area contributed by atoms with Gasteiger partial charge in [0, 0.05) is 6.42 Å². The minimum atomic E-state index is -5.16. The molecule has 0 saturated heterocycles. The fourth-order valence-corrected chi connectivity index (χ4v) is 3.75. The third-order valence-corrected chi connectivity index (χ3v) is 6.15. The van der Waals surface area contributed by atoms with Crippen molar-refractivity contribution in [3.05, 3.63) is 65.2 Å². The summed E-state index contributed by atoms with van der Waals surface area (Å²) < 4.78 is 95.1. The number of carbonyl (C=O) groups excluding carboxylic acids is 1. The summed E-state index contributed by atoms with van der Waals surface area (Å²) in [4.78, 5) is 10.9. The minimum Gasteiger partial charge on any atom is -0.462 e. The fraction of sp³-hybridized carbons (Fsp3) is 0.350. The highest BCUT2D eigenvalue weighted by molar-refractivity contribution is 7.92. The highest BCUT2D eigenvalue weighted by Crippen LogP contribution is 2.35. The molecule has 0 aromatic heterocycles. The van der Waals surface area contributed by atoms with E-state index in [-0.39, 0.29) is 19.4 Å². The Morgan fingerprint density at radius 1 is 0.900 bits per heavy atom. The molecular weight excluding hydrogens is 431 g/mol. The molecule has 0 spiro atoms. The van der Waals surface area contributed by atoms with E-state index >= 15 is 0 Å². The Bertz CT molecular complexity index is 966. The highest BCUT2D eigenvalue weighted by Gasteiger charge is 2.45. The molecule has 0 N–H and O–H groups in total. The van der Waals surface area contributed by atoms with Gasteiger partial charge < -0.3 is 4.74 Å². The number of halogens is 5. The molecule has 0 radical (unpaired) electrons. The molecule has 0 unspecified atom stereocenters. The third-order valence-electron chi connectivity index (χ3n) is 4.27. The molecule has 0 atom stereocenters. The van der Waals surface area contributed by atoms with Crippen LogP contribution in [0.3, 0.4) is 0 Å². The molecule has 0 amide bonds. The van der Waals surface area contributed by atoms with Gasteiger partial charge in [-0.05, 0) is 56.2 Å². The molecule has 0 heterocycles. The van der Waals surface area contributed by atoms with Crippen molar-refractivity contribution in [2.45, 2.75) is 42.5 Å². The van der Waals surface area contributed by atoms with E-state index in [0.717, 1.165) is 5.56 Å². The summed E-state index contributed by atoms with van der Waals surface area (Å²) in [5.41, 5.74) is 0.110. The maximum absolute atomic E-state index is 14.2. The number of esters is 1. The van der Waals surface area contributed by atoms with Crippen LogP contribution in [0, 0.1) is 6.92 Å². The molecule has 30 heavy (non-hydrogen) atoms. The summed E-state index contributed by atoms with van der Waals surface area (Å²) >= 11 is 0. The van der Waals surface area contributed by atoms with E-state index in [1.807, 2.05) is 6.92 Å². The van der Waals surface area contributed by atoms with Crippen molar-refractivity contribution < 1.29 is 39.9 Å². The van der Waals surface area contributed by atoms with Crippen LogP contribution in [-0.2, 0) is 20.8 Å². The number of hydrogen-bond donors (Lipinski definition) is 0. The first-order valence-corrected chi connectivity index (χ1v) is 10.4. The van der Waals surface area contributed by atoms with Crippen molar-refractivity contribution in [2.75, 3.05) is 6.61 Å². The molecule has 4 nitrogen and oxygen atoms in total. The van der Waals surface area contributed by atoms with Crippen LogP contribution in [0.25, 0.3) is 0 Å². The summed E-state index contributed by atoms with van der Waals surface area (Å²) in [7, 11) is -5.16. The second kappa shape index (κ2) is 9.11. The van der Waals surface area contributed by atoms with Crippen LogP contribution in [0.4, 0.5) is 22.0 Å². The number of unbranched alkanes of at least 4 members (excludes halogenated alkanes) is 1. The quantitative estimate of drug-likeness (QED) is 0.307. The molecule has 10 heteroatoms.